The summed E-state index contributed by atoms with van der Waals surface area (Å²) in [6, 6.07) is 13.2. The zero-order valence-electron chi connectivity index (χ0n) is 24.3. The van der Waals surface area contributed by atoms with Crippen LogP contribution in [0, 0.1) is 0 Å². The lowest BCUT2D eigenvalue weighted by atomic mass is 10.0. The number of imidazole rings is 1. The van der Waals surface area contributed by atoms with Crippen molar-refractivity contribution in [2.24, 2.45) is 0 Å². The number of aryl methyl sites for hydroxylation is 1. The number of H-pyrrole nitrogens is 1. The SMILES string of the molecule is Nc1c(Nc2cccc(CNC(=O)c3cc(C(=O)N[C@H]4CCc5cc(-c6noc(=O)[nH]6)ccc54)n4c(N)nc(N)c4n3)c2)c(=O)c1=O. The van der Waals surface area contributed by atoms with E-state index in [2.05, 4.69) is 40.6 Å². The summed E-state index contributed by atoms with van der Waals surface area (Å²) in [4.78, 5) is 72.4. The van der Waals surface area contributed by atoms with Gasteiger partial charge in [-0.3, -0.25) is 33.1 Å². The molecule has 1 aliphatic rings. The van der Waals surface area contributed by atoms with Gasteiger partial charge in [0.1, 0.15) is 22.8 Å². The van der Waals surface area contributed by atoms with Gasteiger partial charge in [0.25, 0.3) is 22.7 Å². The Morgan fingerprint density at radius 2 is 1.83 bits per heavy atom. The van der Waals surface area contributed by atoms with E-state index in [1.807, 2.05) is 12.1 Å². The van der Waals surface area contributed by atoms with Gasteiger partial charge < -0.3 is 33.2 Å². The van der Waals surface area contributed by atoms with Crippen molar-refractivity contribution < 1.29 is 14.1 Å². The third-order valence-electron chi connectivity index (χ3n) is 7.95. The van der Waals surface area contributed by atoms with Crippen molar-refractivity contribution in [1.29, 1.82) is 0 Å². The van der Waals surface area contributed by atoms with Gasteiger partial charge >= 0.3 is 5.76 Å². The zero-order valence-corrected chi connectivity index (χ0v) is 24.3. The maximum Gasteiger partial charge on any atom is 0.439 e. The fourth-order valence-electron chi connectivity index (χ4n) is 5.63. The van der Waals surface area contributed by atoms with E-state index in [0.717, 1.165) is 11.1 Å². The first kappa shape index (κ1) is 29.0. The standard InChI is InChI=1S/C30H25N11O6/c31-20-21(23(43)22(20)42)35-15-3-1-2-12(8-15)11-34-27(44)18-10-19(41-26(36-18)24(32)38-29(41)33)28(45)37-17-7-5-13-9-14(4-6-16(13)17)25-39-30(46)47-40-25/h1-4,6,8-10,17,35H,5,7,11,31-32H2,(H2,33,38)(H,34,44)(H,37,45)(H,39,40,46)/t17-/m0/s1. The molecule has 1 aliphatic carbocycles. The van der Waals surface area contributed by atoms with Gasteiger partial charge in [-0.25, -0.2) is 9.78 Å². The maximum absolute atomic E-state index is 13.7. The minimum Gasteiger partial charge on any atom is -0.394 e. The van der Waals surface area contributed by atoms with Crippen LogP contribution in [-0.2, 0) is 13.0 Å². The molecule has 236 valence electrons. The van der Waals surface area contributed by atoms with E-state index >= 15 is 0 Å². The van der Waals surface area contributed by atoms with Crippen LogP contribution in [0.25, 0.3) is 17.0 Å². The number of nitrogens with two attached hydrogens (primary N) is 3. The van der Waals surface area contributed by atoms with Crippen molar-refractivity contribution >= 4 is 46.3 Å². The molecule has 0 unspecified atom stereocenters. The van der Waals surface area contributed by atoms with Crippen LogP contribution in [0.15, 0.2) is 67.4 Å². The summed E-state index contributed by atoms with van der Waals surface area (Å²) >= 11 is 0. The number of nitrogen functional groups attached to an aromatic ring is 3. The Morgan fingerprint density at radius 1 is 1.00 bits per heavy atom. The first-order valence-corrected chi connectivity index (χ1v) is 14.2. The Bertz CT molecular complexity index is 2380. The monoisotopic (exact) mass is 635 g/mol. The number of rotatable bonds is 8. The van der Waals surface area contributed by atoms with Gasteiger partial charge in [-0.2, -0.15) is 4.98 Å². The second kappa shape index (κ2) is 11.0. The molecule has 6 aromatic rings. The van der Waals surface area contributed by atoms with E-state index in [1.165, 1.54) is 10.5 Å². The van der Waals surface area contributed by atoms with Crippen LogP contribution in [0.5, 0.6) is 0 Å². The average molecular weight is 636 g/mol. The number of nitrogens with zero attached hydrogens (tertiary/aromatic N) is 4. The van der Waals surface area contributed by atoms with E-state index in [1.54, 1.807) is 30.3 Å². The summed E-state index contributed by atoms with van der Waals surface area (Å²) in [6.45, 7) is 0.0596. The summed E-state index contributed by atoms with van der Waals surface area (Å²) in [5.41, 5.74) is 19.8. The lowest BCUT2D eigenvalue weighted by molar-refractivity contribution is 0.0930. The number of aromatic amines is 1. The van der Waals surface area contributed by atoms with Crippen molar-refractivity contribution in [2.45, 2.75) is 25.4 Å². The van der Waals surface area contributed by atoms with Gasteiger partial charge in [0, 0.05) is 17.8 Å². The molecule has 10 N–H and O–H groups in total. The Balaban J connectivity index is 1.10. The van der Waals surface area contributed by atoms with Gasteiger partial charge in [-0.05, 0) is 53.8 Å². The van der Waals surface area contributed by atoms with E-state index in [9.17, 15) is 24.0 Å². The van der Waals surface area contributed by atoms with E-state index in [-0.39, 0.29) is 52.8 Å². The van der Waals surface area contributed by atoms with Crippen molar-refractivity contribution in [2.75, 3.05) is 22.5 Å². The molecule has 2 amide bonds. The van der Waals surface area contributed by atoms with Gasteiger partial charge in [0.15, 0.2) is 17.3 Å². The number of aromatic nitrogens is 5. The molecule has 47 heavy (non-hydrogen) atoms. The van der Waals surface area contributed by atoms with Crippen LogP contribution in [-0.4, -0.2) is 36.3 Å². The highest BCUT2D eigenvalue weighted by atomic mass is 16.5. The summed E-state index contributed by atoms with van der Waals surface area (Å²) in [7, 11) is 0. The van der Waals surface area contributed by atoms with Crippen molar-refractivity contribution in [1.82, 2.24) is 35.1 Å². The lowest BCUT2D eigenvalue weighted by Crippen LogP contribution is -2.36. The van der Waals surface area contributed by atoms with Gasteiger partial charge in [-0.1, -0.05) is 29.4 Å². The van der Waals surface area contributed by atoms with Crippen LogP contribution < -0.4 is 49.8 Å². The highest BCUT2D eigenvalue weighted by Crippen LogP contribution is 2.34. The number of carbonyl (C=O) groups excluding carboxylic acids is 2. The number of nitrogens with one attached hydrogen (secondary N) is 4. The number of anilines is 5. The highest BCUT2D eigenvalue weighted by Gasteiger charge is 2.28. The van der Waals surface area contributed by atoms with Gasteiger partial charge in [0.05, 0.1) is 6.04 Å². The molecule has 0 spiro atoms. The number of benzene rings is 2. The number of hydrogen-bond donors (Lipinski definition) is 7. The van der Waals surface area contributed by atoms with Crippen LogP contribution in [0.1, 0.15) is 50.1 Å². The number of amides is 2. The normalized spacial score (nSPS) is 13.9. The molecule has 3 aromatic heterocycles. The molecule has 7 rings (SSSR count). The largest absolute Gasteiger partial charge is 0.439 e. The second-order valence-electron chi connectivity index (χ2n) is 10.9. The molecule has 0 aliphatic heterocycles. The molecule has 0 fully saturated rings. The minimum absolute atomic E-state index is 0.00358. The summed E-state index contributed by atoms with van der Waals surface area (Å²) in [5.74, 6) is -1.63. The van der Waals surface area contributed by atoms with Crippen LogP contribution in [0.2, 0.25) is 0 Å². The first-order valence-electron chi connectivity index (χ1n) is 14.2. The molecule has 17 nitrogen and oxygen atoms in total. The van der Waals surface area contributed by atoms with Crippen molar-refractivity contribution in [3.8, 4) is 11.4 Å². The minimum atomic E-state index is -0.737. The Morgan fingerprint density at radius 3 is 2.60 bits per heavy atom. The van der Waals surface area contributed by atoms with Crippen molar-refractivity contribution in [3.63, 3.8) is 0 Å². The Labute approximate surface area is 262 Å². The van der Waals surface area contributed by atoms with Gasteiger partial charge in [-0.15, -0.1) is 0 Å². The van der Waals surface area contributed by atoms with Crippen LogP contribution >= 0.6 is 0 Å². The third kappa shape index (κ3) is 5.10. The predicted octanol–water partition coefficient (Wildman–Crippen LogP) is 0.506. The van der Waals surface area contributed by atoms with E-state index < -0.39 is 28.4 Å². The quantitative estimate of drug-likeness (QED) is 0.112. The zero-order chi connectivity index (χ0) is 33.0. The highest BCUT2D eigenvalue weighted by molar-refractivity contribution is 5.99. The average Bonchev–Trinajstić information content (AvgIpc) is 3.77. The Kier molecular flexibility index (Phi) is 6.77. The third-order valence-corrected chi connectivity index (χ3v) is 7.95. The first-order chi connectivity index (χ1) is 22.6. The molecule has 0 saturated carbocycles. The smallest absolute Gasteiger partial charge is 0.394 e. The molecule has 1 atom stereocenters. The summed E-state index contributed by atoms with van der Waals surface area (Å²) in [6.07, 6.45) is 1.26. The fourth-order valence-corrected chi connectivity index (χ4v) is 5.63. The maximum atomic E-state index is 13.7. The van der Waals surface area contributed by atoms with Crippen LogP contribution in [0.4, 0.5) is 28.8 Å². The summed E-state index contributed by atoms with van der Waals surface area (Å²) in [5, 5.41) is 12.3. The van der Waals surface area contributed by atoms with Gasteiger partial charge in [0.2, 0.25) is 5.95 Å². The molecule has 0 saturated heterocycles. The molecule has 0 bridgehead atoms. The molecule has 17 heteroatoms. The second-order valence-corrected chi connectivity index (χ2v) is 10.9. The molecule has 3 heterocycles. The van der Waals surface area contributed by atoms with Crippen LogP contribution in [0.3, 0.4) is 0 Å². The Hall–Kier alpha value is -6.78. The molecule has 3 aromatic carbocycles. The number of carbonyl (C=O) groups is 2. The van der Waals surface area contributed by atoms with E-state index in [4.69, 9.17) is 17.2 Å². The van der Waals surface area contributed by atoms with Crippen molar-refractivity contribution in [3.05, 3.63) is 108 Å². The molecular weight excluding hydrogens is 610 g/mol. The molecular formula is C30H25N11O6. The molecule has 0 radical (unpaired) electrons. The van der Waals surface area contributed by atoms with E-state index in [0.29, 0.717) is 35.5 Å². The lowest BCUT2D eigenvalue weighted by Gasteiger charge is -2.16. The summed E-state index contributed by atoms with van der Waals surface area (Å²) < 4.78 is 5.88. The number of fused-ring (bicyclic) bond motifs is 2. The number of hydrogen-bond acceptors (Lipinski definition) is 13. The predicted molar refractivity (Wildman–Crippen MR) is 170 cm³/mol. The topological polar surface area (TPSA) is 272 Å². The fraction of sp³-hybridized carbons (Fsp3) is 0.133.